The number of ether oxygens (including phenoxy) is 20. The Labute approximate surface area is 523 Å². The number of methoxy groups -OCH3 is 20. The minimum atomic E-state index is -0.514. The Bertz CT molecular complexity index is 1890. The van der Waals surface area contributed by atoms with Gasteiger partial charge >= 0.3 is 0 Å². The van der Waals surface area contributed by atoms with E-state index in [1.54, 1.807) is 140 Å². The SMILES string of the molecule is COC1C(=O)C(C)C(OC)C1OC.COC1C(=O)C(C)C(OC)C1OC.COC1C(C)C(O)C(OC)C1OC.COC1C(C)C(O)C(OC)C1OC.COC1C(C)C(OC)C(OC)C1OC.COC1C=C(C)C(=O)C1OC.COC1C=C(C)C(=O)C1OC. The van der Waals surface area contributed by atoms with Gasteiger partial charge < -0.3 is 105 Å². The largest absolute Gasteiger partial charge is 0.390 e. The summed E-state index contributed by atoms with van der Waals surface area (Å²) in [4.78, 5) is 45.6. The molecule has 0 radical (unpaired) electrons. The lowest BCUT2D eigenvalue weighted by atomic mass is 10.1. The molecule has 0 saturated heterocycles. The zero-order valence-electron chi connectivity index (χ0n) is 57.4. The van der Waals surface area contributed by atoms with Crippen LogP contribution in [-0.4, -0.2) is 310 Å². The molecule has 26 unspecified atom stereocenters. The monoisotopic (exact) mass is 1270 g/mol. The molecule has 26 nitrogen and oxygen atoms in total. The van der Waals surface area contributed by atoms with Crippen molar-refractivity contribution in [2.24, 2.45) is 29.6 Å². The van der Waals surface area contributed by atoms with Gasteiger partial charge in [-0.25, -0.2) is 0 Å². The molecular formula is C62H112O26. The van der Waals surface area contributed by atoms with Crippen molar-refractivity contribution in [3.05, 3.63) is 23.3 Å². The molecule has 0 heterocycles. The molecule has 516 valence electrons. The maximum absolute atomic E-state index is 11.6. The highest BCUT2D eigenvalue weighted by atomic mass is 16.6. The Morgan fingerprint density at radius 2 is 0.477 bits per heavy atom. The summed E-state index contributed by atoms with van der Waals surface area (Å²) in [5.41, 5.74) is 1.45. The summed E-state index contributed by atoms with van der Waals surface area (Å²) < 4.78 is 104. The van der Waals surface area contributed by atoms with E-state index in [0.29, 0.717) is 0 Å². The molecule has 0 aromatic heterocycles. The summed E-state index contributed by atoms with van der Waals surface area (Å²) in [5.74, 6) is 0.223. The predicted octanol–water partition coefficient (Wildman–Crippen LogP) is 2.37. The topological polar surface area (TPSA) is 293 Å². The lowest BCUT2D eigenvalue weighted by Crippen LogP contribution is -2.37. The maximum atomic E-state index is 11.6. The molecule has 0 amide bonds. The Hall–Kier alpha value is -2.72. The van der Waals surface area contributed by atoms with Crippen LogP contribution in [0.1, 0.15) is 48.5 Å². The van der Waals surface area contributed by atoms with Crippen LogP contribution in [0.25, 0.3) is 0 Å². The van der Waals surface area contributed by atoms with Crippen molar-refractivity contribution in [2.75, 3.05) is 142 Å². The highest BCUT2D eigenvalue weighted by Gasteiger charge is 2.53. The number of aliphatic hydroxyl groups excluding tert-OH is 2. The zero-order valence-corrected chi connectivity index (χ0v) is 57.4. The van der Waals surface area contributed by atoms with Gasteiger partial charge in [-0.2, -0.15) is 0 Å². The number of hydrogen-bond donors (Lipinski definition) is 2. The molecule has 0 spiro atoms. The van der Waals surface area contributed by atoms with Gasteiger partial charge in [-0.1, -0.05) is 34.6 Å². The maximum Gasteiger partial charge on any atom is 0.190 e. The number of carbonyl (C=O) groups excluding carboxylic acids is 4. The van der Waals surface area contributed by atoms with E-state index in [1.165, 1.54) is 28.4 Å². The van der Waals surface area contributed by atoms with Crippen LogP contribution >= 0.6 is 0 Å². The molecule has 0 aliphatic heterocycles. The second-order valence-electron chi connectivity index (χ2n) is 22.2. The number of hydrogen-bond acceptors (Lipinski definition) is 26. The highest BCUT2D eigenvalue weighted by Crippen LogP contribution is 2.36. The van der Waals surface area contributed by atoms with Gasteiger partial charge in [0.2, 0.25) is 0 Å². The van der Waals surface area contributed by atoms with Crippen LogP contribution in [0.3, 0.4) is 0 Å². The molecule has 5 saturated carbocycles. The summed E-state index contributed by atoms with van der Waals surface area (Å²) in [6, 6.07) is 0. The fourth-order valence-corrected chi connectivity index (χ4v) is 12.7. The third kappa shape index (κ3) is 19.7. The molecule has 5 fully saturated rings. The molecule has 0 aromatic rings. The van der Waals surface area contributed by atoms with Crippen LogP contribution in [-0.2, 0) is 114 Å². The van der Waals surface area contributed by atoms with E-state index in [1.807, 2.05) is 27.7 Å². The Balaban J connectivity index is 0.000000514. The van der Waals surface area contributed by atoms with Crippen molar-refractivity contribution < 1.29 is 124 Å². The molecule has 88 heavy (non-hydrogen) atoms. The standard InChI is InChI=1S/C10H20O4.2C9H18O4.2C9H16O4.2C8H12O3/c1-6-7(11-2)9(13-4)10(14-5)8(6)12-3;4*1-5-6(10)8(12-3)9(13-4)7(5)11-2;2*1-5-4-6(10-2)8(11-3)7(5)9/h6-10H,1-5H3;2*5-10H,1-4H3;2*5,7-9H,1-4H3;2*4,6,8H,1-3H3. The molecular weight excluding hydrogens is 1160 g/mol. The first-order valence-corrected chi connectivity index (χ1v) is 29.2. The van der Waals surface area contributed by atoms with Gasteiger partial charge in [0.1, 0.15) is 85.5 Å². The fraction of sp³-hybridized carbons (Fsp3) is 0.871. The average molecular weight is 1270 g/mol. The lowest BCUT2D eigenvalue weighted by molar-refractivity contribution is -0.132. The van der Waals surface area contributed by atoms with E-state index in [-0.39, 0.29) is 150 Å². The number of Topliss-reactive ketones (excluding diaryl/α,β-unsaturated/α-hetero) is 4. The molecule has 7 rings (SSSR count). The average Bonchev–Trinajstić information content (AvgIpc) is 4.54. The molecule has 7 aliphatic rings. The smallest absolute Gasteiger partial charge is 0.190 e. The zero-order chi connectivity index (χ0) is 67.6. The van der Waals surface area contributed by atoms with Crippen LogP contribution in [0.4, 0.5) is 0 Å². The van der Waals surface area contributed by atoms with Gasteiger partial charge in [-0.3, -0.25) is 19.2 Å². The Kier molecular flexibility index (Phi) is 39.5. The van der Waals surface area contributed by atoms with Crippen molar-refractivity contribution in [3.8, 4) is 0 Å². The molecule has 0 bridgehead atoms. The summed E-state index contributed by atoms with van der Waals surface area (Å²) in [5, 5.41) is 19.6. The Morgan fingerprint density at radius 1 is 0.261 bits per heavy atom. The minimum Gasteiger partial charge on any atom is -0.390 e. The van der Waals surface area contributed by atoms with Crippen LogP contribution in [0, 0.1) is 29.6 Å². The van der Waals surface area contributed by atoms with E-state index < -0.39 is 36.6 Å². The minimum absolute atomic E-state index is 0.0272. The van der Waals surface area contributed by atoms with Gasteiger partial charge in [0.15, 0.2) is 23.1 Å². The number of carbonyl (C=O) groups is 4. The first kappa shape index (κ1) is 83.3. The second-order valence-corrected chi connectivity index (χ2v) is 22.2. The third-order valence-corrected chi connectivity index (χ3v) is 17.9. The van der Waals surface area contributed by atoms with Crippen molar-refractivity contribution in [2.45, 2.75) is 183 Å². The number of aliphatic hydroxyl groups is 2. The molecule has 2 N–H and O–H groups in total. The third-order valence-electron chi connectivity index (χ3n) is 17.9. The van der Waals surface area contributed by atoms with Crippen molar-refractivity contribution in [1.82, 2.24) is 0 Å². The van der Waals surface area contributed by atoms with E-state index in [9.17, 15) is 29.4 Å². The van der Waals surface area contributed by atoms with Crippen LogP contribution in [0.15, 0.2) is 23.3 Å². The number of rotatable bonds is 20. The summed E-state index contributed by atoms with van der Waals surface area (Å²) in [6.45, 7) is 13.2. The number of ketones is 4. The lowest BCUT2D eigenvalue weighted by Gasteiger charge is -2.22. The first-order valence-electron chi connectivity index (χ1n) is 29.2. The summed E-state index contributed by atoms with van der Waals surface area (Å²) in [7, 11) is 31.8. The quantitative estimate of drug-likeness (QED) is 0.177. The van der Waals surface area contributed by atoms with Gasteiger partial charge in [0.05, 0.1) is 48.8 Å². The van der Waals surface area contributed by atoms with Crippen molar-refractivity contribution >= 4 is 23.1 Å². The van der Waals surface area contributed by atoms with E-state index in [0.717, 1.165) is 11.1 Å². The second kappa shape index (κ2) is 41.8. The van der Waals surface area contributed by atoms with E-state index >= 15 is 0 Å². The van der Waals surface area contributed by atoms with E-state index in [2.05, 4.69) is 6.92 Å². The van der Waals surface area contributed by atoms with Crippen LogP contribution in [0.2, 0.25) is 0 Å². The van der Waals surface area contributed by atoms with Gasteiger partial charge in [-0.15, -0.1) is 0 Å². The van der Waals surface area contributed by atoms with Crippen LogP contribution in [0.5, 0.6) is 0 Å². The van der Waals surface area contributed by atoms with Gasteiger partial charge in [-0.05, 0) is 37.1 Å². The summed E-state index contributed by atoms with van der Waals surface area (Å²) in [6.07, 6.45) is -1.77. The predicted molar refractivity (Wildman–Crippen MR) is 321 cm³/mol. The molecule has 26 atom stereocenters. The van der Waals surface area contributed by atoms with Gasteiger partial charge in [0.25, 0.3) is 0 Å². The summed E-state index contributed by atoms with van der Waals surface area (Å²) >= 11 is 0. The highest BCUT2D eigenvalue weighted by molar-refractivity contribution is 6.02. The Morgan fingerprint density at radius 3 is 0.670 bits per heavy atom. The van der Waals surface area contributed by atoms with Gasteiger partial charge in [0, 0.05) is 172 Å². The molecule has 7 aliphatic carbocycles. The van der Waals surface area contributed by atoms with Crippen molar-refractivity contribution in [1.29, 1.82) is 0 Å². The van der Waals surface area contributed by atoms with E-state index in [4.69, 9.17) is 94.7 Å². The first-order chi connectivity index (χ1) is 41.8. The fourth-order valence-electron chi connectivity index (χ4n) is 12.7. The molecule has 26 heteroatoms. The van der Waals surface area contributed by atoms with Crippen LogP contribution < -0.4 is 0 Å². The molecule has 0 aromatic carbocycles. The normalized spacial score (nSPS) is 39.8. The van der Waals surface area contributed by atoms with Crippen molar-refractivity contribution in [3.63, 3.8) is 0 Å².